The predicted molar refractivity (Wildman–Crippen MR) is 66.6 cm³/mol. The Balaban J connectivity index is 1.80. The average molecular weight is 234 g/mol. The summed E-state index contributed by atoms with van der Waals surface area (Å²) in [6, 6.07) is 3.21. The van der Waals surface area contributed by atoms with Gasteiger partial charge in [0.2, 0.25) is 0 Å². The molecule has 0 N–H and O–H groups in total. The van der Waals surface area contributed by atoms with Crippen LogP contribution in [0.2, 0.25) is 0 Å². The molecule has 3 heterocycles. The lowest BCUT2D eigenvalue weighted by Gasteiger charge is -2.44. The lowest BCUT2D eigenvalue weighted by Crippen LogP contribution is -2.60. The van der Waals surface area contributed by atoms with Crippen LogP contribution in [0.15, 0.2) is 0 Å². The maximum Gasteiger partial charge on any atom is 0.126 e. The van der Waals surface area contributed by atoms with E-state index in [-0.39, 0.29) is 5.54 Å². The highest BCUT2D eigenvalue weighted by atomic mass is 15.4. The largest absolute Gasteiger partial charge is 0.304 e. The molecule has 4 nitrogen and oxygen atoms in total. The van der Waals surface area contributed by atoms with Crippen molar-refractivity contribution in [3.63, 3.8) is 0 Å². The topological polar surface area (TPSA) is 33.5 Å². The van der Waals surface area contributed by atoms with Crippen molar-refractivity contribution in [3.05, 3.63) is 0 Å². The molecule has 0 aromatic rings. The first-order valence-corrected chi connectivity index (χ1v) is 6.85. The fourth-order valence-corrected chi connectivity index (χ4v) is 3.89. The molecule has 2 unspecified atom stereocenters. The van der Waals surface area contributed by atoms with E-state index in [0.717, 1.165) is 39.1 Å². The van der Waals surface area contributed by atoms with Gasteiger partial charge in [-0.2, -0.15) is 5.26 Å². The molecule has 0 spiro atoms. The van der Waals surface area contributed by atoms with E-state index in [4.69, 9.17) is 0 Å². The van der Waals surface area contributed by atoms with E-state index in [1.807, 2.05) is 0 Å². The number of hydrogen-bond donors (Lipinski definition) is 0. The summed E-state index contributed by atoms with van der Waals surface area (Å²) < 4.78 is 0. The minimum Gasteiger partial charge on any atom is -0.304 e. The summed E-state index contributed by atoms with van der Waals surface area (Å²) in [5.41, 5.74) is -0.169. The van der Waals surface area contributed by atoms with Crippen LogP contribution in [0, 0.1) is 11.3 Å². The molecule has 2 atom stereocenters. The van der Waals surface area contributed by atoms with Gasteiger partial charge in [0.25, 0.3) is 0 Å². The molecule has 0 saturated carbocycles. The van der Waals surface area contributed by atoms with Crippen LogP contribution in [0.4, 0.5) is 0 Å². The van der Waals surface area contributed by atoms with E-state index in [1.165, 1.54) is 19.4 Å². The number of piperazine rings is 1. The minimum absolute atomic E-state index is 0.169. The Morgan fingerprint density at radius 2 is 1.88 bits per heavy atom. The second-order valence-corrected chi connectivity index (χ2v) is 5.77. The molecule has 0 amide bonds. The van der Waals surface area contributed by atoms with Crippen molar-refractivity contribution in [2.75, 3.05) is 46.3 Å². The van der Waals surface area contributed by atoms with Gasteiger partial charge < -0.3 is 4.90 Å². The first kappa shape index (κ1) is 11.5. The standard InChI is InChI=1S/C13H22N4/c1-15-7-9-17(10-8-15)13(11-14)4-6-16-5-2-3-12(13)16/h12H,2-10H2,1H3. The Bertz CT molecular complexity index is 329. The zero-order chi connectivity index (χ0) is 11.9. The SMILES string of the molecule is CN1CCN(C2(C#N)CCN3CCCC32)CC1. The van der Waals surface area contributed by atoms with E-state index in [9.17, 15) is 5.26 Å². The molecular weight excluding hydrogens is 212 g/mol. The van der Waals surface area contributed by atoms with Crippen LogP contribution in [0.5, 0.6) is 0 Å². The number of nitriles is 1. The molecule has 0 bridgehead atoms. The Morgan fingerprint density at radius 1 is 1.12 bits per heavy atom. The first-order valence-electron chi connectivity index (χ1n) is 6.85. The lowest BCUT2D eigenvalue weighted by molar-refractivity contribution is 0.0557. The maximum absolute atomic E-state index is 9.75. The van der Waals surface area contributed by atoms with Crippen molar-refractivity contribution in [1.29, 1.82) is 5.26 Å². The van der Waals surface area contributed by atoms with Crippen molar-refractivity contribution in [2.24, 2.45) is 0 Å². The highest BCUT2D eigenvalue weighted by Crippen LogP contribution is 2.40. The summed E-state index contributed by atoms with van der Waals surface area (Å²) in [5.74, 6) is 0. The Morgan fingerprint density at radius 3 is 2.59 bits per heavy atom. The third kappa shape index (κ3) is 1.69. The number of fused-ring (bicyclic) bond motifs is 1. The van der Waals surface area contributed by atoms with E-state index in [0.29, 0.717) is 6.04 Å². The van der Waals surface area contributed by atoms with Crippen LogP contribution in [0.1, 0.15) is 19.3 Å². The van der Waals surface area contributed by atoms with E-state index in [2.05, 4.69) is 27.8 Å². The van der Waals surface area contributed by atoms with Crippen LogP contribution < -0.4 is 0 Å². The fraction of sp³-hybridized carbons (Fsp3) is 0.923. The third-order valence-electron chi connectivity index (χ3n) is 4.96. The van der Waals surface area contributed by atoms with Gasteiger partial charge in [-0.15, -0.1) is 0 Å². The molecule has 0 aromatic heterocycles. The number of nitrogens with zero attached hydrogens (tertiary/aromatic N) is 4. The molecule has 3 saturated heterocycles. The van der Waals surface area contributed by atoms with Gasteiger partial charge in [-0.3, -0.25) is 9.80 Å². The van der Waals surface area contributed by atoms with Crippen LogP contribution in [0.3, 0.4) is 0 Å². The van der Waals surface area contributed by atoms with Gasteiger partial charge in [0.05, 0.1) is 6.07 Å². The lowest BCUT2D eigenvalue weighted by atomic mass is 9.87. The van der Waals surface area contributed by atoms with E-state index in [1.54, 1.807) is 0 Å². The average Bonchev–Trinajstić information content (AvgIpc) is 2.92. The van der Waals surface area contributed by atoms with Crippen molar-refractivity contribution >= 4 is 0 Å². The Labute approximate surface area is 104 Å². The normalized spacial score (nSPS) is 40.4. The predicted octanol–water partition coefficient (Wildman–Crippen LogP) is 0.364. The molecule has 3 aliphatic rings. The van der Waals surface area contributed by atoms with Gasteiger partial charge in [-0.25, -0.2) is 0 Å². The van der Waals surface area contributed by atoms with Crippen molar-refractivity contribution in [2.45, 2.75) is 30.8 Å². The second-order valence-electron chi connectivity index (χ2n) is 5.77. The second kappa shape index (κ2) is 4.24. The minimum atomic E-state index is -0.169. The Kier molecular flexibility index (Phi) is 2.86. The molecule has 3 fully saturated rings. The molecule has 94 valence electrons. The summed E-state index contributed by atoms with van der Waals surface area (Å²) in [6.45, 7) is 6.68. The summed E-state index contributed by atoms with van der Waals surface area (Å²) in [5, 5.41) is 9.75. The van der Waals surface area contributed by atoms with Crippen LogP contribution in [-0.2, 0) is 0 Å². The van der Waals surface area contributed by atoms with Crippen LogP contribution >= 0.6 is 0 Å². The Hall–Kier alpha value is -0.630. The van der Waals surface area contributed by atoms with Gasteiger partial charge in [-0.05, 0) is 32.9 Å². The monoisotopic (exact) mass is 234 g/mol. The molecule has 4 heteroatoms. The van der Waals surface area contributed by atoms with Gasteiger partial charge in [0.15, 0.2) is 0 Å². The molecule has 0 aromatic carbocycles. The van der Waals surface area contributed by atoms with Crippen molar-refractivity contribution in [1.82, 2.24) is 14.7 Å². The summed E-state index contributed by atoms with van der Waals surface area (Å²) in [6.07, 6.45) is 3.56. The number of likely N-dealkylation sites (N-methyl/N-ethyl adjacent to an activating group) is 1. The summed E-state index contributed by atoms with van der Waals surface area (Å²) in [7, 11) is 2.17. The smallest absolute Gasteiger partial charge is 0.126 e. The van der Waals surface area contributed by atoms with Gasteiger partial charge >= 0.3 is 0 Å². The molecule has 0 radical (unpaired) electrons. The van der Waals surface area contributed by atoms with Gasteiger partial charge in [-0.1, -0.05) is 0 Å². The molecule has 3 aliphatic heterocycles. The highest BCUT2D eigenvalue weighted by molar-refractivity contribution is 5.21. The van der Waals surface area contributed by atoms with Gasteiger partial charge in [0.1, 0.15) is 5.54 Å². The molecular formula is C13H22N4. The number of hydrogen-bond acceptors (Lipinski definition) is 4. The quantitative estimate of drug-likeness (QED) is 0.656. The highest BCUT2D eigenvalue weighted by Gasteiger charge is 2.53. The molecule has 3 rings (SSSR count). The third-order valence-corrected chi connectivity index (χ3v) is 4.96. The summed E-state index contributed by atoms with van der Waals surface area (Å²) >= 11 is 0. The van der Waals surface area contributed by atoms with Crippen LogP contribution in [0.25, 0.3) is 0 Å². The molecule has 17 heavy (non-hydrogen) atoms. The zero-order valence-electron chi connectivity index (χ0n) is 10.7. The first-order chi connectivity index (χ1) is 8.26. The van der Waals surface area contributed by atoms with Crippen molar-refractivity contribution in [3.8, 4) is 6.07 Å². The van der Waals surface area contributed by atoms with E-state index < -0.39 is 0 Å². The zero-order valence-corrected chi connectivity index (χ0v) is 10.7. The van der Waals surface area contributed by atoms with Gasteiger partial charge in [0, 0.05) is 38.8 Å². The fourth-order valence-electron chi connectivity index (χ4n) is 3.89. The summed E-state index contributed by atoms with van der Waals surface area (Å²) in [4.78, 5) is 7.38. The maximum atomic E-state index is 9.75. The number of rotatable bonds is 1. The van der Waals surface area contributed by atoms with Crippen molar-refractivity contribution < 1.29 is 0 Å². The van der Waals surface area contributed by atoms with Crippen LogP contribution in [-0.4, -0.2) is 72.6 Å². The van der Waals surface area contributed by atoms with E-state index >= 15 is 0 Å². The molecule has 0 aliphatic carbocycles.